The molecule has 2 unspecified atom stereocenters. The van der Waals surface area contributed by atoms with Gasteiger partial charge < -0.3 is 22.0 Å². The molecule has 1 saturated heterocycles. The van der Waals surface area contributed by atoms with Gasteiger partial charge in [-0.25, -0.2) is 4.79 Å². The van der Waals surface area contributed by atoms with Crippen molar-refractivity contribution in [3.63, 3.8) is 0 Å². The Morgan fingerprint density at radius 2 is 1.96 bits per heavy atom. The number of nitrogens with one attached hydrogen (secondary N) is 1. The van der Waals surface area contributed by atoms with Crippen LogP contribution in [0.2, 0.25) is 0 Å². The molecule has 0 bridgehead atoms. The smallest absolute Gasteiger partial charge is 0.338 e. The molecule has 1 heterocycles. The lowest BCUT2D eigenvalue weighted by molar-refractivity contribution is -0.928. The van der Waals surface area contributed by atoms with Gasteiger partial charge in [0.15, 0.2) is 0 Å². The molecule has 23 heavy (non-hydrogen) atoms. The van der Waals surface area contributed by atoms with E-state index in [1.807, 2.05) is 24.3 Å². The molecular weight excluding hydrogens is 310 g/mol. The van der Waals surface area contributed by atoms with Gasteiger partial charge in [0.05, 0.1) is 31.3 Å². The third kappa shape index (κ3) is 6.15. The van der Waals surface area contributed by atoms with Crippen LogP contribution in [0.3, 0.4) is 0 Å². The molecule has 0 aromatic heterocycles. The molecule has 130 valence electrons. The van der Waals surface area contributed by atoms with Gasteiger partial charge in [-0.15, -0.1) is 0 Å². The van der Waals surface area contributed by atoms with E-state index in [2.05, 4.69) is 20.8 Å². The summed E-state index contributed by atoms with van der Waals surface area (Å²) < 4.78 is 5.40. The van der Waals surface area contributed by atoms with E-state index < -0.39 is 0 Å². The monoisotopic (exact) mass is 339 g/mol. The van der Waals surface area contributed by atoms with Crippen molar-refractivity contribution in [3.05, 3.63) is 35.4 Å². The molecule has 1 fully saturated rings. The van der Waals surface area contributed by atoms with Gasteiger partial charge in [0.2, 0.25) is 0 Å². The standard InChI is InChI=1S/C19H29NO2.ClH/c1-15(2)17-8-10-18(11-9-17)19(21)22-14-6-13-20-12-5-4-7-16(20)3;/h8-11,15-16H,4-7,12-14H2,1-3H3;1H. The van der Waals surface area contributed by atoms with Crippen LogP contribution in [0.15, 0.2) is 24.3 Å². The van der Waals surface area contributed by atoms with Crippen molar-refractivity contribution >= 4 is 5.97 Å². The second kappa shape index (κ2) is 9.94. The van der Waals surface area contributed by atoms with Crippen molar-refractivity contribution in [3.8, 4) is 0 Å². The van der Waals surface area contributed by atoms with E-state index in [0.717, 1.165) is 19.0 Å². The van der Waals surface area contributed by atoms with E-state index in [0.29, 0.717) is 18.1 Å². The Morgan fingerprint density at radius 3 is 2.57 bits per heavy atom. The zero-order chi connectivity index (χ0) is 15.9. The molecular formula is C19H30ClNO2. The van der Waals surface area contributed by atoms with E-state index in [1.165, 1.54) is 31.4 Å². The van der Waals surface area contributed by atoms with Crippen LogP contribution in [0.5, 0.6) is 0 Å². The van der Waals surface area contributed by atoms with Crippen LogP contribution in [-0.4, -0.2) is 31.7 Å². The van der Waals surface area contributed by atoms with Gasteiger partial charge in [0.1, 0.15) is 0 Å². The first kappa shape index (κ1) is 20.0. The highest BCUT2D eigenvalue weighted by Crippen LogP contribution is 2.15. The molecule has 0 amide bonds. The highest BCUT2D eigenvalue weighted by molar-refractivity contribution is 5.89. The average molecular weight is 340 g/mol. The van der Waals surface area contributed by atoms with Gasteiger partial charge in [0, 0.05) is 6.42 Å². The Labute approximate surface area is 146 Å². The number of likely N-dealkylation sites (tertiary alicyclic amines) is 1. The summed E-state index contributed by atoms with van der Waals surface area (Å²) in [6, 6.07) is 8.53. The number of rotatable bonds is 6. The Hall–Kier alpha value is -1.06. The number of hydrogen-bond donors (Lipinski definition) is 1. The molecule has 1 N–H and O–H groups in total. The van der Waals surface area contributed by atoms with Crippen molar-refractivity contribution in [2.24, 2.45) is 0 Å². The summed E-state index contributed by atoms with van der Waals surface area (Å²) in [6.07, 6.45) is 4.99. The number of ether oxygens (including phenoxy) is 1. The van der Waals surface area contributed by atoms with Crippen molar-refractivity contribution in [2.45, 2.75) is 58.4 Å². The minimum atomic E-state index is -0.197. The lowest BCUT2D eigenvalue weighted by Crippen LogP contribution is -3.16. The first-order valence-electron chi connectivity index (χ1n) is 8.69. The van der Waals surface area contributed by atoms with Gasteiger partial charge in [-0.1, -0.05) is 26.0 Å². The fraction of sp³-hybridized carbons (Fsp3) is 0.632. The maximum absolute atomic E-state index is 12.0. The van der Waals surface area contributed by atoms with Crippen molar-refractivity contribution < 1.29 is 26.8 Å². The highest BCUT2D eigenvalue weighted by atomic mass is 35.5. The molecule has 2 atom stereocenters. The number of carbonyl (C=O) groups excluding carboxylic acids is 1. The minimum absolute atomic E-state index is 0. The quantitative estimate of drug-likeness (QED) is 0.576. The van der Waals surface area contributed by atoms with Crippen LogP contribution in [0.4, 0.5) is 0 Å². The molecule has 1 aromatic rings. The number of benzene rings is 1. The number of quaternary nitrogens is 1. The lowest BCUT2D eigenvalue weighted by atomic mass is 10.0. The molecule has 0 aliphatic carbocycles. The Kier molecular flexibility index (Phi) is 8.64. The van der Waals surface area contributed by atoms with Gasteiger partial charge >= 0.3 is 5.97 Å². The Bertz CT molecular complexity index is 473. The third-order valence-corrected chi connectivity index (χ3v) is 4.77. The zero-order valence-electron chi connectivity index (χ0n) is 14.6. The maximum Gasteiger partial charge on any atom is 0.338 e. The molecule has 0 spiro atoms. The first-order valence-corrected chi connectivity index (χ1v) is 8.69. The number of carbonyl (C=O) groups is 1. The number of hydrogen-bond acceptors (Lipinski definition) is 2. The van der Waals surface area contributed by atoms with Crippen molar-refractivity contribution in [1.82, 2.24) is 0 Å². The van der Waals surface area contributed by atoms with E-state index in [4.69, 9.17) is 4.74 Å². The average Bonchev–Trinajstić information content (AvgIpc) is 2.53. The van der Waals surface area contributed by atoms with Gasteiger partial charge in [-0.3, -0.25) is 0 Å². The fourth-order valence-electron chi connectivity index (χ4n) is 3.18. The molecule has 2 rings (SSSR count). The maximum atomic E-state index is 12.0. The normalized spacial score (nSPS) is 20.9. The highest BCUT2D eigenvalue weighted by Gasteiger charge is 2.21. The van der Waals surface area contributed by atoms with Crippen LogP contribution in [0.25, 0.3) is 0 Å². The van der Waals surface area contributed by atoms with Crippen molar-refractivity contribution in [2.75, 3.05) is 19.7 Å². The molecule has 4 heteroatoms. The topological polar surface area (TPSA) is 30.7 Å². The predicted octanol–water partition coefficient (Wildman–Crippen LogP) is -0.182. The predicted molar refractivity (Wildman–Crippen MR) is 89.4 cm³/mol. The number of halogens is 1. The zero-order valence-corrected chi connectivity index (χ0v) is 15.4. The Balaban J connectivity index is 0.00000264. The van der Waals surface area contributed by atoms with E-state index >= 15 is 0 Å². The number of esters is 1. The minimum Gasteiger partial charge on any atom is -1.00 e. The van der Waals surface area contributed by atoms with Crippen LogP contribution in [-0.2, 0) is 4.74 Å². The molecule has 3 nitrogen and oxygen atoms in total. The second-order valence-corrected chi connectivity index (χ2v) is 6.82. The summed E-state index contributed by atoms with van der Waals surface area (Å²) >= 11 is 0. The van der Waals surface area contributed by atoms with Crippen LogP contribution in [0.1, 0.15) is 68.3 Å². The van der Waals surface area contributed by atoms with E-state index in [9.17, 15) is 4.79 Å². The van der Waals surface area contributed by atoms with Crippen LogP contribution >= 0.6 is 0 Å². The third-order valence-electron chi connectivity index (χ3n) is 4.77. The molecule has 1 aromatic carbocycles. The summed E-state index contributed by atoms with van der Waals surface area (Å²) in [5.74, 6) is 0.288. The van der Waals surface area contributed by atoms with Crippen molar-refractivity contribution in [1.29, 1.82) is 0 Å². The molecule has 0 saturated carbocycles. The summed E-state index contributed by atoms with van der Waals surface area (Å²) in [6.45, 7) is 9.54. The van der Waals surface area contributed by atoms with E-state index in [1.54, 1.807) is 4.90 Å². The lowest BCUT2D eigenvalue weighted by Gasteiger charge is -2.30. The largest absolute Gasteiger partial charge is 1.00 e. The van der Waals surface area contributed by atoms with Gasteiger partial charge in [-0.2, -0.15) is 0 Å². The van der Waals surface area contributed by atoms with Crippen LogP contribution < -0.4 is 17.3 Å². The SMILES string of the molecule is CC(C)c1ccc(C(=O)OCCC[NH+]2CCCCC2C)cc1.[Cl-]. The van der Waals surface area contributed by atoms with Gasteiger partial charge in [0.25, 0.3) is 0 Å². The fourth-order valence-corrected chi connectivity index (χ4v) is 3.18. The Morgan fingerprint density at radius 1 is 1.26 bits per heavy atom. The van der Waals surface area contributed by atoms with Gasteiger partial charge in [-0.05, 0) is 49.8 Å². The molecule has 0 radical (unpaired) electrons. The summed E-state index contributed by atoms with van der Waals surface area (Å²) in [5, 5.41) is 0. The molecule has 1 aliphatic heterocycles. The first-order chi connectivity index (χ1) is 10.6. The summed E-state index contributed by atoms with van der Waals surface area (Å²) in [4.78, 5) is 13.7. The summed E-state index contributed by atoms with van der Waals surface area (Å²) in [7, 11) is 0. The van der Waals surface area contributed by atoms with E-state index in [-0.39, 0.29) is 18.4 Å². The summed E-state index contributed by atoms with van der Waals surface area (Å²) in [5.41, 5.74) is 1.90. The second-order valence-electron chi connectivity index (χ2n) is 6.82. The van der Waals surface area contributed by atoms with Crippen LogP contribution in [0, 0.1) is 0 Å². The number of piperidine rings is 1. The molecule has 1 aliphatic rings.